The van der Waals surface area contributed by atoms with Gasteiger partial charge >= 0.3 is 12.6 Å². The van der Waals surface area contributed by atoms with Crippen molar-refractivity contribution in [3.63, 3.8) is 0 Å². The molecule has 1 aromatic heterocycles. The number of ether oxygens (including phenoxy) is 2. The summed E-state index contributed by atoms with van der Waals surface area (Å²) in [7, 11) is 0. The Kier molecular flexibility index (Phi) is 5.00. The summed E-state index contributed by atoms with van der Waals surface area (Å²) in [6, 6.07) is 13.6. The Balaban J connectivity index is 1.53. The smallest absolute Gasteiger partial charge is 0.387 e. The fourth-order valence-corrected chi connectivity index (χ4v) is 3.01. The van der Waals surface area contributed by atoms with Crippen molar-refractivity contribution in [1.82, 2.24) is 4.98 Å². The van der Waals surface area contributed by atoms with E-state index in [1.54, 1.807) is 12.1 Å². The Hall–Kier alpha value is -2.54. The number of hydrogen-bond donors (Lipinski definition) is 0. The average Bonchev–Trinajstić information content (AvgIpc) is 2.97. The van der Waals surface area contributed by atoms with E-state index in [0.29, 0.717) is 5.56 Å². The highest BCUT2D eigenvalue weighted by atomic mass is 32.1. The van der Waals surface area contributed by atoms with E-state index in [4.69, 9.17) is 4.74 Å². The largest absolute Gasteiger partial charge is 0.458 e. The molecule has 24 heavy (non-hydrogen) atoms. The molecule has 0 aliphatic heterocycles. The zero-order valence-electron chi connectivity index (χ0n) is 12.4. The molecule has 0 radical (unpaired) electrons. The van der Waals surface area contributed by atoms with Gasteiger partial charge in [0.2, 0.25) is 0 Å². The lowest BCUT2D eigenvalue weighted by Gasteiger charge is -2.06. The quantitative estimate of drug-likeness (QED) is 0.626. The summed E-state index contributed by atoms with van der Waals surface area (Å²) in [6.07, 6.45) is 0.0554. The molecule has 0 spiro atoms. The molecule has 2 aromatic carbocycles. The second-order valence-electron chi connectivity index (χ2n) is 4.94. The van der Waals surface area contributed by atoms with Crippen molar-refractivity contribution >= 4 is 27.5 Å². The number of esters is 1. The molecule has 0 amide bonds. The summed E-state index contributed by atoms with van der Waals surface area (Å²) in [5, 5.41) is 0.727. The predicted molar refractivity (Wildman–Crippen MR) is 86.2 cm³/mol. The maximum Gasteiger partial charge on any atom is 0.387 e. The molecular formula is C17H13F2NO3S. The molecule has 0 saturated carbocycles. The SMILES string of the molecule is O=C(Cc1ccc(OC(F)F)cc1)OCc1nc2ccccc2s1. The van der Waals surface area contributed by atoms with Crippen molar-refractivity contribution in [2.45, 2.75) is 19.6 Å². The van der Waals surface area contributed by atoms with Gasteiger partial charge in [0.25, 0.3) is 0 Å². The molecule has 3 aromatic rings. The molecule has 124 valence electrons. The number of aromatic nitrogens is 1. The third-order valence-corrected chi connectivity index (χ3v) is 4.20. The van der Waals surface area contributed by atoms with Crippen molar-refractivity contribution in [3.8, 4) is 5.75 Å². The minimum atomic E-state index is -2.87. The molecule has 7 heteroatoms. The van der Waals surface area contributed by atoms with Crippen molar-refractivity contribution in [2.75, 3.05) is 0 Å². The summed E-state index contributed by atoms with van der Waals surface area (Å²) in [5.41, 5.74) is 1.54. The zero-order valence-corrected chi connectivity index (χ0v) is 13.3. The zero-order chi connectivity index (χ0) is 16.9. The van der Waals surface area contributed by atoms with Crippen LogP contribution in [0.25, 0.3) is 10.2 Å². The fourth-order valence-electron chi connectivity index (χ4n) is 2.13. The molecular weight excluding hydrogens is 336 g/mol. The van der Waals surface area contributed by atoms with Gasteiger partial charge < -0.3 is 9.47 Å². The summed E-state index contributed by atoms with van der Waals surface area (Å²) < 4.78 is 34.6. The normalized spacial score (nSPS) is 11.0. The Morgan fingerprint density at radius 3 is 2.58 bits per heavy atom. The number of para-hydroxylation sites is 1. The first kappa shape index (κ1) is 16.3. The van der Waals surface area contributed by atoms with Crippen molar-refractivity contribution in [1.29, 1.82) is 0 Å². The standard InChI is InChI=1S/C17H13F2NO3S/c18-17(19)23-12-7-5-11(6-8-12)9-16(21)22-10-15-20-13-3-1-2-4-14(13)24-15/h1-8,17H,9-10H2. The van der Waals surface area contributed by atoms with E-state index in [2.05, 4.69) is 9.72 Å². The molecule has 0 atom stereocenters. The number of carbonyl (C=O) groups excluding carboxylic acids is 1. The third kappa shape index (κ3) is 4.26. The number of nitrogens with zero attached hydrogens (tertiary/aromatic N) is 1. The number of thiazole rings is 1. The van der Waals surface area contributed by atoms with Crippen LogP contribution in [-0.4, -0.2) is 17.6 Å². The van der Waals surface area contributed by atoms with Crippen LogP contribution in [0, 0.1) is 0 Å². The topological polar surface area (TPSA) is 48.4 Å². The van der Waals surface area contributed by atoms with E-state index in [-0.39, 0.29) is 18.8 Å². The number of alkyl halides is 2. The van der Waals surface area contributed by atoms with E-state index >= 15 is 0 Å². The van der Waals surface area contributed by atoms with Crippen LogP contribution in [0.2, 0.25) is 0 Å². The Morgan fingerprint density at radius 2 is 1.88 bits per heavy atom. The number of carbonyl (C=O) groups is 1. The first-order chi connectivity index (χ1) is 11.6. The molecule has 0 N–H and O–H groups in total. The molecule has 0 aliphatic rings. The highest BCUT2D eigenvalue weighted by molar-refractivity contribution is 7.18. The van der Waals surface area contributed by atoms with E-state index < -0.39 is 12.6 Å². The fraction of sp³-hybridized carbons (Fsp3) is 0.176. The second-order valence-corrected chi connectivity index (χ2v) is 6.05. The summed E-state index contributed by atoms with van der Waals surface area (Å²) in [5.74, 6) is -0.353. The maximum atomic E-state index is 12.1. The molecule has 0 unspecified atom stereocenters. The summed E-state index contributed by atoms with van der Waals surface area (Å²) in [4.78, 5) is 16.3. The van der Waals surface area contributed by atoms with Gasteiger partial charge in [0.05, 0.1) is 16.6 Å². The molecule has 0 saturated heterocycles. The maximum absolute atomic E-state index is 12.1. The van der Waals surface area contributed by atoms with Gasteiger partial charge in [-0.05, 0) is 29.8 Å². The number of halogens is 2. The Bertz CT molecular complexity index is 800. The lowest BCUT2D eigenvalue weighted by Crippen LogP contribution is -2.08. The average molecular weight is 349 g/mol. The molecule has 0 bridgehead atoms. The monoisotopic (exact) mass is 349 g/mol. The van der Waals surface area contributed by atoms with Gasteiger partial charge in [-0.1, -0.05) is 24.3 Å². The van der Waals surface area contributed by atoms with Gasteiger partial charge in [0.15, 0.2) is 0 Å². The van der Waals surface area contributed by atoms with Crippen LogP contribution in [0.3, 0.4) is 0 Å². The predicted octanol–water partition coefficient (Wildman–Crippen LogP) is 4.18. The summed E-state index contributed by atoms with van der Waals surface area (Å²) in [6.45, 7) is -2.75. The Morgan fingerprint density at radius 1 is 1.12 bits per heavy atom. The van der Waals surface area contributed by atoms with Crippen LogP contribution in [0.4, 0.5) is 8.78 Å². The number of hydrogen-bond acceptors (Lipinski definition) is 5. The Labute approximate surface area is 140 Å². The molecule has 0 fully saturated rings. The first-order valence-electron chi connectivity index (χ1n) is 7.14. The highest BCUT2D eigenvalue weighted by Crippen LogP contribution is 2.22. The third-order valence-electron chi connectivity index (χ3n) is 3.19. The van der Waals surface area contributed by atoms with Crippen LogP contribution in [0.15, 0.2) is 48.5 Å². The molecule has 3 rings (SSSR count). The minimum absolute atomic E-state index is 0.0524. The van der Waals surface area contributed by atoms with Gasteiger partial charge in [0.1, 0.15) is 17.4 Å². The van der Waals surface area contributed by atoms with Crippen LogP contribution in [-0.2, 0) is 22.6 Å². The second kappa shape index (κ2) is 7.35. The van der Waals surface area contributed by atoms with E-state index in [0.717, 1.165) is 15.2 Å². The van der Waals surface area contributed by atoms with Crippen molar-refractivity contribution < 1.29 is 23.0 Å². The van der Waals surface area contributed by atoms with Gasteiger partial charge in [-0.2, -0.15) is 8.78 Å². The minimum Gasteiger partial charge on any atom is -0.458 e. The van der Waals surface area contributed by atoms with E-state index in [1.807, 2.05) is 24.3 Å². The number of benzene rings is 2. The summed E-state index contributed by atoms with van der Waals surface area (Å²) >= 11 is 1.48. The number of fused-ring (bicyclic) bond motifs is 1. The van der Waals surface area contributed by atoms with E-state index in [1.165, 1.54) is 23.5 Å². The first-order valence-corrected chi connectivity index (χ1v) is 7.95. The lowest BCUT2D eigenvalue weighted by molar-refractivity contribution is -0.144. The van der Waals surface area contributed by atoms with Crippen molar-refractivity contribution in [3.05, 3.63) is 59.1 Å². The molecule has 4 nitrogen and oxygen atoms in total. The molecule has 0 aliphatic carbocycles. The van der Waals surface area contributed by atoms with Crippen molar-refractivity contribution in [2.24, 2.45) is 0 Å². The van der Waals surface area contributed by atoms with Gasteiger partial charge in [-0.25, -0.2) is 4.98 Å². The van der Waals surface area contributed by atoms with Gasteiger partial charge in [-0.15, -0.1) is 11.3 Å². The van der Waals surface area contributed by atoms with Crippen LogP contribution in [0.5, 0.6) is 5.75 Å². The van der Waals surface area contributed by atoms with Gasteiger partial charge in [0, 0.05) is 0 Å². The van der Waals surface area contributed by atoms with E-state index in [9.17, 15) is 13.6 Å². The van der Waals surface area contributed by atoms with Crippen LogP contribution in [0.1, 0.15) is 10.6 Å². The molecule has 1 heterocycles. The number of rotatable bonds is 6. The highest BCUT2D eigenvalue weighted by Gasteiger charge is 2.09. The van der Waals surface area contributed by atoms with Gasteiger partial charge in [-0.3, -0.25) is 4.79 Å². The van der Waals surface area contributed by atoms with Crippen LogP contribution < -0.4 is 4.74 Å². The lowest BCUT2D eigenvalue weighted by atomic mass is 10.1. The van der Waals surface area contributed by atoms with Crippen LogP contribution >= 0.6 is 11.3 Å².